The van der Waals surface area contributed by atoms with E-state index < -0.39 is 0 Å². The van der Waals surface area contributed by atoms with Crippen molar-refractivity contribution in [1.82, 2.24) is 0 Å². The first kappa shape index (κ1) is 8.62. The number of benzene rings is 1. The number of nitrogen functional groups attached to an aromatic ring is 1. The maximum atomic E-state index is 11.1. The van der Waals surface area contributed by atoms with Gasteiger partial charge in [-0.05, 0) is 12.1 Å². The summed E-state index contributed by atoms with van der Waals surface area (Å²) in [6.45, 7) is 0. The van der Waals surface area contributed by atoms with E-state index in [0.717, 1.165) is 11.1 Å². The van der Waals surface area contributed by atoms with E-state index in [0.29, 0.717) is 11.3 Å². The van der Waals surface area contributed by atoms with Gasteiger partial charge in [-0.3, -0.25) is 0 Å². The summed E-state index contributed by atoms with van der Waals surface area (Å²) >= 11 is 0. The molecule has 1 aromatic carbocycles. The zero-order chi connectivity index (χ0) is 10.1. The zero-order valence-corrected chi connectivity index (χ0v) is 7.70. The molecule has 0 unspecified atom stereocenters. The average molecular weight is 190 g/mol. The molecule has 4 heteroatoms. The van der Waals surface area contributed by atoms with Crippen LogP contribution in [0.25, 0.3) is 11.0 Å². The van der Waals surface area contributed by atoms with Crippen molar-refractivity contribution in [2.24, 2.45) is 0 Å². The van der Waals surface area contributed by atoms with Gasteiger partial charge in [-0.25, -0.2) is 4.79 Å². The van der Waals surface area contributed by atoms with E-state index in [4.69, 9.17) is 10.2 Å². The van der Waals surface area contributed by atoms with E-state index >= 15 is 0 Å². The largest absolute Gasteiger partial charge is 0.423 e. The first-order valence-corrected chi connectivity index (χ1v) is 4.22. The van der Waals surface area contributed by atoms with Crippen LogP contribution in [0.5, 0.6) is 0 Å². The Morgan fingerprint density at radius 1 is 1.36 bits per heavy atom. The van der Waals surface area contributed by atoms with E-state index in [9.17, 15) is 4.79 Å². The maximum absolute atomic E-state index is 11.1. The van der Waals surface area contributed by atoms with Gasteiger partial charge in [-0.1, -0.05) is 0 Å². The SMILES string of the molecule is CNc1cc(=O)oc2cc(N)ccc12. The standard InChI is InChI=1S/C10H10N2O2/c1-12-8-5-10(13)14-9-4-6(11)2-3-7(8)9/h2-5,12H,11H2,1H3. The third kappa shape index (κ3) is 1.31. The van der Waals surface area contributed by atoms with E-state index in [-0.39, 0.29) is 5.63 Å². The quantitative estimate of drug-likeness (QED) is 0.527. The molecule has 1 heterocycles. The van der Waals surface area contributed by atoms with Crippen LogP contribution in [-0.2, 0) is 0 Å². The fourth-order valence-electron chi connectivity index (χ4n) is 1.39. The predicted octanol–water partition coefficient (Wildman–Crippen LogP) is 1.42. The highest BCUT2D eigenvalue weighted by Crippen LogP contribution is 2.22. The van der Waals surface area contributed by atoms with Gasteiger partial charge in [0.15, 0.2) is 0 Å². The molecule has 0 fully saturated rings. The van der Waals surface area contributed by atoms with Crippen LogP contribution in [-0.4, -0.2) is 7.05 Å². The highest BCUT2D eigenvalue weighted by Gasteiger charge is 2.03. The van der Waals surface area contributed by atoms with Crippen molar-refractivity contribution < 1.29 is 4.42 Å². The minimum Gasteiger partial charge on any atom is -0.423 e. The van der Waals surface area contributed by atoms with Crippen molar-refractivity contribution in [2.45, 2.75) is 0 Å². The lowest BCUT2D eigenvalue weighted by Gasteiger charge is -2.04. The fourth-order valence-corrected chi connectivity index (χ4v) is 1.39. The molecule has 1 aromatic heterocycles. The molecule has 0 aliphatic carbocycles. The summed E-state index contributed by atoms with van der Waals surface area (Å²) in [5, 5.41) is 3.78. The molecule has 0 saturated carbocycles. The predicted molar refractivity (Wildman–Crippen MR) is 56.4 cm³/mol. The fraction of sp³-hybridized carbons (Fsp3) is 0.100. The Hall–Kier alpha value is -1.97. The molecular formula is C10H10N2O2. The van der Waals surface area contributed by atoms with Crippen LogP contribution in [0, 0.1) is 0 Å². The second kappa shape index (κ2) is 3.06. The minimum atomic E-state index is -0.382. The van der Waals surface area contributed by atoms with Gasteiger partial charge >= 0.3 is 5.63 Å². The van der Waals surface area contributed by atoms with Crippen molar-refractivity contribution in [1.29, 1.82) is 0 Å². The Morgan fingerprint density at radius 2 is 2.14 bits per heavy atom. The molecule has 0 spiro atoms. The molecule has 2 aromatic rings. The molecule has 14 heavy (non-hydrogen) atoms. The lowest BCUT2D eigenvalue weighted by molar-refractivity contribution is 0.562. The molecule has 0 aliphatic heterocycles. The lowest BCUT2D eigenvalue weighted by Crippen LogP contribution is -2.01. The van der Waals surface area contributed by atoms with Crippen molar-refractivity contribution in [2.75, 3.05) is 18.1 Å². The van der Waals surface area contributed by atoms with Gasteiger partial charge in [0.2, 0.25) is 0 Å². The van der Waals surface area contributed by atoms with Crippen LogP contribution in [0.2, 0.25) is 0 Å². The Labute approximate surface area is 80.3 Å². The first-order valence-electron chi connectivity index (χ1n) is 4.22. The van der Waals surface area contributed by atoms with Crippen LogP contribution in [0.1, 0.15) is 0 Å². The Morgan fingerprint density at radius 3 is 2.86 bits per heavy atom. The highest BCUT2D eigenvalue weighted by atomic mass is 16.4. The summed E-state index contributed by atoms with van der Waals surface area (Å²) in [7, 11) is 1.75. The second-order valence-corrected chi connectivity index (χ2v) is 2.98. The summed E-state index contributed by atoms with van der Waals surface area (Å²) in [6.07, 6.45) is 0. The second-order valence-electron chi connectivity index (χ2n) is 2.98. The molecule has 2 rings (SSSR count). The highest BCUT2D eigenvalue weighted by molar-refractivity contribution is 5.91. The van der Waals surface area contributed by atoms with Crippen molar-refractivity contribution in [3.8, 4) is 0 Å². The number of nitrogens with two attached hydrogens (primary N) is 1. The summed E-state index contributed by atoms with van der Waals surface area (Å²) in [5.41, 5.74) is 7.03. The Bertz CT molecular complexity index is 531. The Kier molecular flexibility index (Phi) is 1.89. The van der Waals surface area contributed by atoms with Crippen LogP contribution in [0.3, 0.4) is 0 Å². The number of nitrogens with one attached hydrogen (secondary N) is 1. The van der Waals surface area contributed by atoms with E-state index in [1.54, 1.807) is 19.2 Å². The first-order chi connectivity index (χ1) is 6.70. The molecule has 0 radical (unpaired) electrons. The smallest absolute Gasteiger partial charge is 0.338 e. The van der Waals surface area contributed by atoms with Crippen LogP contribution < -0.4 is 16.7 Å². The third-order valence-electron chi connectivity index (χ3n) is 2.04. The summed E-state index contributed by atoms with van der Waals surface area (Å²) in [6, 6.07) is 6.64. The molecular weight excluding hydrogens is 180 g/mol. The molecule has 72 valence electrons. The van der Waals surface area contributed by atoms with Gasteiger partial charge in [0.05, 0.1) is 5.69 Å². The van der Waals surface area contributed by atoms with Gasteiger partial charge in [-0.2, -0.15) is 0 Å². The molecule has 0 bridgehead atoms. The van der Waals surface area contributed by atoms with Gasteiger partial charge < -0.3 is 15.5 Å². The molecule has 0 amide bonds. The van der Waals surface area contributed by atoms with Gasteiger partial charge in [-0.15, -0.1) is 0 Å². The normalized spacial score (nSPS) is 10.4. The number of hydrogen-bond acceptors (Lipinski definition) is 4. The molecule has 0 aliphatic rings. The summed E-state index contributed by atoms with van der Waals surface area (Å²) in [5.74, 6) is 0. The van der Waals surface area contributed by atoms with Gasteiger partial charge in [0.25, 0.3) is 0 Å². The van der Waals surface area contributed by atoms with Crippen molar-refractivity contribution in [3.63, 3.8) is 0 Å². The van der Waals surface area contributed by atoms with Crippen LogP contribution in [0.15, 0.2) is 33.5 Å². The van der Waals surface area contributed by atoms with Crippen molar-refractivity contribution >= 4 is 22.3 Å². The third-order valence-corrected chi connectivity index (χ3v) is 2.04. The monoisotopic (exact) mass is 190 g/mol. The van der Waals surface area contributed by atoms with E-state index in [1.807, 2.05) is 6.07 Å². The zero-order valence-electron chi connectivity index (χ0n) is 7.70. The number of rotatable bonds is 1. The van der Waals surface area contributed by atoms with E-state index in [2.05, 4.69) is 5.32 Å². The molecule has 4 nitrogen and oxygen atoms in total. The topological polar surface area (TPSA) is 68.3 Å². The Balaban J connectivity index is 2.87. The maximum Gasteiger partial charge on any atom is 0.338 e. The molecule has 0 atom stereocenters. The van der Waals surface area contributed by atoms with Gasteiger partial charge in [0.1, 0.15) is 5.58 Å². The van der Waals surface area contributed by atoms with E-state index in [1.165, 1.54) is 6.07 Å². The van der Waals surface area contributed by atoms with Gasteiger partial charge in [0, 0.05) is 30.3 Å². The number of hydrogen-bond donors (Lipinski definition) is 2. The van der Waals surface area contributed by atoms with Crippen LogP contribution >= 0.6 is 0 Å². The lowest BCUT2D eigenvalue weighted by atomic mass is 10.2. The summed E-state index contributed by atoms with van der Waals surface area (Å²) < 4.78 is 5.01. The van der Waals surface area contributed by atoms with Crippen molar-refractivity contribution in [3.05, 3.63) is 34.7 Å². The number of anilines is 2. The summed E-state index contributed by atoms with van der Waals surface area (Å²) in [4.78, 5) is 11.1. The average Bonchev–Trinajstić information content (AvgIpc) is 2.15. The molecule has 3 N–H and O–H groups in total. The number of fused-ring (bicyclic) bond motifs is 1. The molecule has 0 saturated heterocycles. The van der Waals surface area contributed by atoms with Crippen LogP contribution in [0.4, 0.5) is 11.4 Å². The minimum absolute atomic E-state index is 0.382.